The van der Waals surface area contributed by atoms with Crippen LogP contribution in [0.15, 0.2) is 206 Å². The van der Waals surface area contributed by atoms with Crippen molar-refractivity contribution in [2.24, 2.45) is 0 Å². The van der Waals surface area contributed by atoms with Gasteiger partial charge in [-0.3, -0.25) is 22.0 Å². The second-order valence-corrected chi connectivity index (χ2v) is 38.1. The maximum absolute atomic E-state index is 5.97. The van der Waals surface area contributed by atoms with Gasteiger partial charge in [0.25, 0.3) is 0 Å². The Balaban J connectivity index is 0.0000000879. The summed E-state index contributed by atoms with van der Waals surface area (Å²) in [5.74, 6) is 1.84. The Kier molecular flexibility index (Phi) is 15.0. The molecule has 0 saturated carbocycles. The first-order chi connectivity index (χ1) is 55.8. The van der Waals surface area contributed by atoms with Crippen molar-refractivity contribution in [3.8, 4) is 22.8 Å². The zero-order valence-electron chi connectivity index (χ0n) is 67.5. The zero-order valence-corrected chi connectivity index (χ0v) is 68.5. The van der Waals surface area contributed by atoms with Crippen LogP contribution in [0.3, 0.4) is 0 Å². The molecular formula is C102H86N10O2Si. The number of nitrogens with zero attached hydrogens (tertiary/aromatic N) is 10. The van der Waals surface area contributed by atoms with E-state index in [1.165, 1.54) is 209 Å². The van der Waals surface area contributed by atoms with E-state index < -0.39 is 8.07 Å². The highest BCUT2D eigenvalue weighted by Crippen LogP contribution is 2.46. The predicted molar refractivity (Wildman–Crippen MR) is 479 cm³/mol. The van der Waals surface area contributed by atoms with E-state index in [1.807, 2.05) is 6.92 Å². The molecule has 0 bridgehead atoms. The molecule has 11 aromatic heterocycles. The minimum atomic E-state index is -1.48. The third-order valence-electron chi connectivity index (χ3n) is 26.0. The summed E-state index contributed by atoms with van der Waals surface area (Å²) < 4.78 is 23.6. The summed E-state index contributed by atoms with van der Waals surface area (Å²) in [6.07, 6.45) is 2.17. The third-order valence-corrected chi connectivity index (χ3v) is 29.1. The molecule has 0 amide bonds. The molecule has 0 N–H and O–H groups in total. The standard InChI is InChI=1S/C27H24N2.C20H20N2Si.C19H14N2.2C18H14N2O/c1-15-6-5-7-16(2)24(15)20-10-12-21-22(14-20)25-17(3)8-9-19-11-13-23-18(4)28-27(21)29(23)26(19)25;1-12-9-10-17-19-18(12)14-7-5-6-8-15(14)20-21-13(2)16(22(19)20)11-23(17,3)4;1-11-7-8-13-9-10-16-12(2)20-19-15-6-4-3-5-14(15)17(11)18(13)21(16)19;1-10-7-8-12-9-21-18-11(2)19-17-14-6-4-3-5-13(14)15(10)16(12)20(17)18;1-10-7-8-15-17-16(10)12-5-3-4-6-13(12)18-19-11(2)14(9-21-15)20(17)18/h5-10,12,14H,11,13H2,1-4H3;5-10H,11H2,1-4H3;3-10H,1-2H3;2*3-8H,9H2,1-2H3. The number of fused-ring (bicyclic) bond motifs is 15. The van der Waals surface area contributed by atoms with Crippen molar-refractivity contribution in [2.45, 2.75) is 128 Å². The molecule has 13 heteroatoms. The van der Waals surface area contributed by atoms with Crippen molar-refractivity contribution in [1.82, 2.24) is 46.9 Å². The quantitative estimate of drug-likeness (QED) is 0.0916. The van der Waals surface area contributed by atoms with Crippen molar-refractivity contribution in [3.63, 3.8) is 0 Å². The van der Waals surface area contributed by atoms with Gasteiger partial charge in [0.15, 0.2) is 0 Å². The fourth-order valence-electron chi connectivity index (χ4n) is 20.6. The van der Waals surface area contributed by atoms with Gasteiger partial charge in [0.1, 0.15) is 52.9 Å². The van der Waals surface area contributed by atoms with Crippen molar-refractivity contribution in [2.75, 3.05) is 0 Å². The summed E-state index contributed by atoms with van der Waals surface area (Å²) in [6.45, 7) is 32.1. The molecule has 0 radical (unpaired) electrons. The molecule has 22 aromatic rings. The number of aromatic nitrogens is 10. The molecule has 26 rings (SSSR count). The van der Waals surface area contributed by atoms with Gasteiger partial charge in [-0.1, -0.05) is 195 Å². The molecule has 0 saturated heterocycles. The molecule has 115 heavy (non-hydrogen) atoms. The van der Waals surface area contributed by atoms with Crippen molar-refractivity contribution in [1.29, 1.82) is 0 Å². The number of aryl methyl sites for hydroxylation is 14. The van der Waals surface area contributed by atoms with Crippen LogP contribution in [0.5, 0.6) is 11.6 Å². The number of rotatable bonds is 1. The summed E-state index contributed by atoms with van der Waals surface area (Å²) in [7, 11) is -1.48. The number of ether oxygens (including phenoxy) is 2. The molecule has 0 aliphatic carbocycles. The normalized spacial score (nSPS) is 13.7. The van der Waals surface area contributed by atoms with Crippen molar-refractivity contribution < 1.29 is 9.47 Å². The van der Waals surface area contributed by atoms with Crippen LogP contribution >= 0.6 is 0 Å². The lowest BCUT2D eigenvalue weighted by Gasteiger charge is -2.31. The Morgan fingerprint density at radius 2 is 0.748 bits per heavy atom. The molecular weight excluding hydrogens is 1430 g/mol. The first kappa shape index (κ1) is 68.8. The van der Waals surface area contributed by atoms with E-state index in [4.69, 9.17) is 34.4 Å². The van der Waals surface area contributed by atoms with Gasteiger partial charge in [0, 0.05) is 70.8 Å². The van der Waals surface area contributed by atoms with Gasteiger partial charge in [0.2, 0.25) is 5.88 Å². The lowest BCUT2D eigenvalue weighted by atomic mass is 9.90. The highest BCUT2D eigenvalue weighted by molar-refractivity contribution is 6.91. The van der Waals surface area contributed by atoms with E-state index in [-0.39, 0.29) is 0 Å². The highest BCUT2D eigenvalue weighted by atomic mass is 28.3. The SMILES string of the molecule is Cc1ccc2ccc3c(C)nc4c5ccccc5c1c2n34.Cc1cccc(C)c1-c1ccc2c(c1)c1c(C)ccc3c1n1c(c(C)nc21)CC3.Cc1nc2c3ccccc3c3c(C)ccc4c3n2c1CO4.Cc1nc2c3ccccc3c3c(C)ccc4c3n2c1C[Si]4(C)C.Cc1nc2c3ccccc3c3c(C)ccc4c3n2c1OC4. The van der Waals surface area contributed by atoms with Gasteiger partial charge in [-0.05, 0) is 219 Å². The van der Waals surface area contributed by atoms with Crippen LogP contribution in [0.4, 0.5) is 0 Å². The van der Waals surface area contributed by atoms with Gasteiger partial charge in [-0.15, -0.1) is 0 Å². The van der Waals surface area contributed by atoms with E-state index in [0.29, 0.717) is 13.2 Å². The van der Waals surface area contributed by atoms with Gasteiger partial charge in [-0.2, -0.15) is 0 Å². The van der Waals surface area contributed by atoms with Gasteiger partial charge >= 0.3 is 0 Å². The average Bonchev–Trinajstić information content (AvgIpc) is 1.65. The number of benzene rings is 11. The molecule has 12 nitrogen and oxygen atoms in total. The van der Waals surface area contributed by atoms with E-state index in [0.717, 1.165) is 75.3 Å². The zero-order chi connectivity index (χ0) is 78.2. The van der Waals surface area contributed by atoms with E-state index in [1.54, 1.807) is 5.19 Å². The summed E-state index contributed by atoms with van der Waals surface area (Å²) >= 11 is 0. The molecule has 11 aromatic carbocycles. The fourth-order valence-corrected chi connectivity index (χ4v) is 23.4. The molecule has 4 aliphatic rings. The third kappa shape index (κ3) is 9.80. The largest absolute Gasteiger partial charge is 0.485 e. The first-order valence-corrected chi connectivity index (χ1v) is 43.7. The molecule has 0 fully saturated rings. The lowest BCUT2D eigenvalue weighted by Crippen LogP contribution is -2.48. The molecule has 560 valence electrons. The monoisotopic (exact) mass is 1510 g/mol. The molecule has 4 aliphatic heterocycles. The minimum Gasteiger partial charge on any atom is -0.485 e. The first-order valence-electron chi connectivity index (χ1n) is 40.5. The lowest BCUT2D eigenvalue weighted by molar-refractivity contribution is 0.283. The maximum Gasteiger partial charge on any atom is 0.222 e. The van der Waals surface area contributed by atoms with Crippen LogP contribution in [0.25, 0.3) is 159 Å². The van der Waals surface area contributed by atoms with Gasteiger partial charge in [0.05, 0.1) is 69.6 Å². The Bertz CT molecular complexity index is 7880. The summed E-state index contributed by atoms with van der Waals surface area (Å²) in [6, 6.07) is 75.8. The Morgan fingerprint density at radius 3 is 1.37 bits per heavy atom. The second kappa shape index (κ2) is 25.0. The molecule has 0 atom stereocenters. The Labute approximate surface area is 665 Å². The van der Waals surface area contributed by atoms with Crippen LogP contribution in [-0.2, 0) is 32.1 Å². The fraction of sp³-hybridized carbons (Fsp3) is 0.186. The van der Waals surface area contributed by atoms with Crippen molar-refractivity contribution in [3.05, 3.63) is 302 Å². The van der Waals surface area contributed by atoms with Gasteiger partial charge < -0.3 is 9.47 Å². The highest BCUT2D eigenvalue weighted by Gasteiger charge is 2.36. The number of hydrogen-bond acceptors (Lipinski definition) is 7. The average molecular weight is 1510 g/mol. The van der Waals surface area contributed by atoms with Crippen LogP contribution in [0.1, 0.15) is 95.6 Å². The van der Waals surface area contributed by atoms with E-state index in [2.05, 4.69) is 318 Å². The van der Waals surface area contributed by atoms with Crippen molar-refractivity contribution >= 4 is 161 Å². The molecule has 15 heterocycles. The minimum absolute atomic E-state index is 0.594. The van der Waals surface area contributed by atoms with Crippen LogP contribution < -0.4 is 14.7 Å². The summed E-state index contributed by atoms with van der Waals surface area (Å²) in [5, 5.41) is 22.2. The molecule has 0 unspecified atom stereocenters. The Morgan fingerprint density at radius 1 is 0.304 bits per heavy atom. The number of hydrogen-bond donors (Lipinski definition) is 0. The Hall–Kier alpha value is -13.0. The van der Waals surface area contributed by atoms with Crippen LogP contribution in [0, 0.1) is 83.1 Å². The summed E-state index contributed by atoms with van der Waals surface area (Å²) in [5.41, 5.74) is 37.1. The van der Waals surface area contributed by atoms with Crippen LogP contribution in [-0.4, -0.2) is 55.0 Å². The predicted octanol–water partition coefficient (Wildman–Crippen LogP) is 24.1. The van der Waals surface area contributed by atoms with E-state index in [9.17, 15) is 0 Å². The van der Waals surface area contributed by atoms with E-state index >= 15 is 0 Å². The number of pyridine rings is 6. The second-order valence-electron chi connectivity index (χ2n) is 33.5. The molecule has 0 spiro atoms. The van der Waals surface area contributed by atoms with Crippen LogP contribution in [0.2, 0.25) is 13.1 Å². The smallest absolute Gasteiger partial charge is 0.222 e. The van der Waals surface area contributed by atoms with Gasteiger partial charge in [-0.25, -0.2) is 24.9 Å². The number of imidazole rings is 5. The maximum atomic E-state index is 5.97. The summed E-state index contributed by atoms with van der Waals surface area (Å²) in [4.78, 5) is 24.4. The topological polar surface area (TPSA) is 105 Å².